The summed E-state index contributed by atoms with van der Waals surface area (Å²) in [6.07, 6.45) is 2.56. The van der Waals surface area contributed by atoms with Crippen molar-refractivity contribution in [1.29, 1.82) is 0 Å². The van der Waals surface area contributed by atoms with Crippen molar-refractivity contribution in [2.24, 2.45) is 0 Å². The maximum absolute atomic E-state index is 8.87. The number of piperazine rings is 1. The van der Waals surface area contributed by atoms with Crippen molar-refractivity contribution in [2.75, 3.05) is 52.4 Å². The summed E-state index contributed by atoms with van der Waals surface area (Å²) in [5, 5.41) is 12.3. The van der Waals surface area contributed by atoms with Crippen LogP contribution in [0.2, 0.25) is 0 Å². The largest absolute Gasteiger partial charge is 0.395 e. The first kappa shape index (κ1) is 14.2. The molecule has 2 fully saturated rings. The van der Waals surface area contributed by atoms with Gasteiger partial charge in [-0.1, -0.05) is 0 Å². The van der Waals surface area contributed by atoms with Gasteiger partial charge in [0.25, 0.3) is 0 Å². The number of β-amino-alcohol motifs (C(OH)–C–C–N with tert-alkyl or cyclic N) is 1. The maximum Gasteiger partial charge on any atom is 0.0558 e. The van der Waals surface area contributed by atoms with Crippen LogP contribution in [0.1, 0.15) is 12.8 Å². The number of nitrogens with one attached hydrogen (secondary N) is 1. The molecule has 0 atom stereocenters. The van der Waals surface area contributed by atoms with Gasteiger partial charge < -0.3 is 15.3 Å². The lowest BCUT2D eigenvalue weighted by Crippen LogP contribution is -2.52. The van der Waals surface area contributed by atoms with E-state index in [1.807, 2.05) is 0 Å². The summed E-state index contributed by atoms with van der Waals surface area (Å²) >= 11 is 0. The molecular formula is C11H24ClN3O. The first-order valence-electron chi connectivity index (χ1n) is 6.18. The first-order valence-corrected chi connectivity index (χ1v) is 6.18. The maximum atomic E-state index is 8.87. The zero-order valence-corrected chi connectivity index (χ0v) is 10.7. The smallest absolute Gasteiger partial charge is 0.0558 e. The fourth-order valence-corrected chi connectivity index (χ4v) is 2.70. The van der Waals surface area contributed by atoms with Gasteiger partial charge in [-0.3, -0.25) is 4.90 Å². The van der Waals surface area contributed by atoms with Crippen LogP contribution in [0.25, 0.3) is 0 Å². The summed E-state index contributed by atoms with van der Waals surface area (Å²) in [5.41, 5.74) is 0. The lowest BCUT2D eigenvalue weighted by atomic mass is 10.0. The van der Waals surface area contributed by atoms with E-state index >= 15 is 0 Å². The van der Waals surface area contributed by atoms with Crippen LogP contribution in [-0.4, -0.2) is 73.4 Å². The van der Waals surface area contributed by atoms with Gasteiger partial charge in [-0.2, -0.15) is 0 Å². The molecule has 0 bridgehead atoms. The van der Waals surface area contributed by atoms with Crippen molar-refractivity contribution < 1.29 is 5.11 Å². The van der Waals surface area contributed by atoms with E-state index in [0.29, 0.717) is 6.61 Å². The van der Waals surface area contributed by atoms with E-state index < -0.39 is 0 Å². The quantitative estimate of drug-likeness (QED) is 0.725. The molecule has 0 aromatic rings. The second kappa shape index (κ2) is 7.45. The van der Waals surface area contributed by atoms with E-state index in [1.54, 1.807) is 0 Å². The van der Waals surface area contributed by atoms with Gasteiger partial charge in [-0.05, 0) is 25.9 Å². The third-order valence-corrected chi connectivity index (χ3v) is 3.64. The molecule has 2 heterocycles. The number of likely N-dealkylation sites (tertiary alicyclic amines) is 1. The molecule has 2 N–H and O–H groups in total. The Morgan fingerprint density at radius 2 is 1.69 bits per heavy atom. The topological polar surface area (TPSA) is 38.7 Å². The standard InChI is InChI=1S/C11H23N3O.ClH/c15-10-9-13-5-1-11(2-6-13)14-7-3-12-4-8-14;/h11-12,15H,1-10H2;1H. The van der Waals surface area contributed by atoms with Crippen LogP contribution in [-0.2, 0) is 0 Å². The van der Waals surface area contributed by atoms with Crippen LogP contribution in [0.3, 0.4) is 0 Å². The van der Waals surface area contributed by atoms with Gasteiger partial charge in [0.05, 0.1) is 6.61 Å². The monoisotopic (exact) mass is 249 g/mol. The van der Waals surface area contributed by atoms with Crippen molar-refractivity contribution in [3.05, 3.63) is 0 Å². The Morgan fingerprint density at radius 1 is 1.06 bits per heavy atom. The van der Waals surface area contributed by atoms with Crippen LogP contribution in [0.4, 0.5) is 0 Å². The Kier molecular flexibility index (Phi) is 6.61. The molecule has 0 unspecified atom stereocenters. The number of nitrogens with zero attached hydrogens (tertiary/aromatic N) is 2. The summed E-state index contributed by atoms with van der Waals surface area (Å²) in [4.78, 5) is 5.01. The van der Waals surface area contributed by atoms with Crippen LogP contribution in [0.15, 0.2) is 0 Å². The highest BCUT2D eigenvalue weighted by Crippen LogP contribution is 2.16. The molecule has 0 amide bonds. The predicted octanol–water partition coefficient (Wildman–Crippen LogP) is -0.230. The SMILES string of the molecule is Cl.OCCN1CCC(N2CCNCC2)CC1. The Morgan fingerprint density at radius 3 is 2.25 bits per heavy atom. The minimum atomic E-state index is 0. The van der Waals surface area contributed by atoms with Crippen LogP contribution in [0.5, 0.6) is 0 Å². The van der Waals surface area contributed by atoms with Crippen LogP contribution >= 0.6 is 12.4 Å². The zero-order chi connectivity index (χ0) is 10.5. The molecule has 2 aliphatic heterocycles. The number of aliphatic hydroxyl groups excluding tert-OH is 1. The highest BCUT2D eigenvalue weighted by molar-refractivity contribution is 5.85. The fourth-order valence-electron chi connectivity index (χ4n) is 2.70. The highest BCUT2D eigenvalue weighted by atomic mass is 35.5. The Bertz CT molecular complexity index is 180. The Balaban J connectivity index is 0.00000128. The van der Waals surface area contributed by atoms with Gasteiger partial charge in [-0.25, -0.2) is 0 Å². The van der Waals surface area contributed by atoms with Crippen molar-refractivity contribution in [3.63, 3.8) is 0 Å². The minimum Gasteiger partial charge on any atom is -0.395 e. The highest BCUT2D eigenvalue weighted by Gasteiger charge is 2.24. The molecule has 96 valence electrons. The van der Waals surface area contributed by atoms with Crippen molar-refractivity contribution in [1.82, 2.24) is 15.1 Å². The molecule has 2 saturated heterocycles. The third-order valence-electron chi connectivity index (χ3n) is 3.64. The summed E-state index contributed by atoms with van der Waals surface area (Å²) in [5.74, 6) is 0. The molecular weight excluding hydrogens is 226 g/mol. The molecule has 0 aromatic carbocycles. The number of hydrogen-bond acceptors (Lipinski definition) is 4. The summed E-state index contributed by atoms with van der Waals surface area (Å²) in [7, 11) is 0. The normalized spacial score (nSPS) is 25.3. The summed E-state index contributed by atoms with van der Waals surface area (Å²) in [6, 6.07) is 0.794. The van der Waals surface area contributed by atoms with Gasteiger partial charge >= 0.3 is 0 Å². The van der Waals surface area contributed by atoms with E-state index in [9.17, 15) is 0 Å². The zero-order valence-electron chi connectivity index (χ0n) is 9.90. The van der Waals surface area contributed by atoms with E-state index in [1.165, 1.54) is 25.9 Å². The molecule has 2 rings (SSSR count). The van der Waals surface area contributed by atoms with E-state index in [-0.39, 0.29) is 12.4 Å². The van der Waals surface area contributed by atoms with E-state index in [2.05, 4.69) is 15.1 Å². The first-order chi connectivity index (χ1) is 7.40. The number of piperidine rings is 1. The van der Waals surface area contributed by atoms with E-state index in [0.717, 1.165) is 38.8 Å². The molecule has 2 aliphatic rings. The van der Waals surface area contributed by atoms with Gasteiger partial charge in [0.1, 0.15) is 0 Å². The lowest BCUT2D eigenvalue weighted by molar-refractivity contribution is 0.0881. The summed E-state index contributed by atoms with van der Waals surface area (Å²) < 4.78 is 0. The molecule has 4 nitrogen and oxygen atoms in total. The average Bonchev–Trinajstić information content (AvgIpc) is 2.32. The van der Waals surface area contributed by atoms with E-state index in [4.69, 9.17) is 5.11 Å². The molecule has 5 heteroatoms. The Hall–Kier alpha value is 0.130. The second-order valence-corrected chi connectivity index (χ2v) is 4.58. The molecule has 0 spiro atoms. The number of aliphatic hydroxyl groups is 1. The Labute approximate surface area is 104 Å². The minimum absolute atomic E-state index is 0. The molecule has 0 aromatic heterocycles. The van der Waals surface area contributed by atoms with Crippen molar-refractivity contribution in [3.8, 4) is 0 Å². The van der Waals surface area contributed by atoms with Gasteiger partial charge in [0.2, 0.25) is 0 Å². The fraction of sp³-hybridized carbons (Fsp3) is 1.00. The number of hydrogen-bond donors (Lipinski definition) is 2. The van der Waals surface area contributed by atoms with Crippen molar-refractivity contribution >= 4 is 12.4 Å². The van der Waals surface area contributed by atoms with Gasteiger partial charge in [-0.15, -0.1) is 12.4 Å². The molecule has 0 saturated carbocycles. The van der Waals surface area contributed by atoms with Gasteiger partial charge in [0, 0.05) is 38.8 Å². The third kappa shape index (κ3) is 3.86. The second-order valence-electron chi connectivity index (χ2n) is 4.58. The lowest BCUT2D eigenvalue weighted by Gasteiger charge is -2.40. The molecule has 0 radical (unpaired) electrons. The van der Waals surface area contributed by atoms with Crippen LogP contribution < -0.4 is 5.32 Å². The van der Waals surface area contributed by atoms with Crippen LogP contribution in [0, 0.1) is 0 Å². The summed E-state index contributed by atoms with van der Waals surface area (Å²) in [6.45, 7) is 8.21. The number of rotatable bonds is 3. The van der Waals surface area contributed by atoms with Gasteiger partial charge in [0.15, 0.2) is 0 Å². The number of halogens is 1. The molecule has 0 aliphatic carbocycles. The van der Waals surface area contributed by atoms with Crippen molar-refractivity contribution in [2.45, 2.75) is 18.9 Å². The predicted molar refractivity (Wildman–Crippen MR) is 68.2 cm³/mol. The molecule has 16 heavy (non-hydrogen) atoms. The average molecular weight is 250 g/mol.